The first-order chi connectivity index (χ1) is 6.19. The minimum Gasteiger partial charge on any atom is -0.495 e. The lowest BCUT2D eigenvalue weighted by atomic mass is 10.1. The van der Waals surface area contributed by atoms with Crippen molar-refractivity contribution in [3.8, 4) is 5.75 Å². The maximum Gasteiger partial charge on any atom is 0.140 e. The van der Waals surface area contributed by atoms with Gasteiger partial charge in [-0.05, 0) is 24.1 Å². The van der Waals surface area contributed by atoms with Gasteiger partial charge in [-0.1, -0.05) is 23.2 Å². The highest BCUT2D eigenvalue weighted by atomic mass is 35.5. The Bertz CT molecular complexity index is 299. The standard InChI is InChI=1S/C9H9Cl3O/c1-13-9-6(2-3-10)4-7(11)5-8(9)12/h4-5H,2-3H2,1H3. The molecule has 4 heteroatoms. The van der Waals surface area contributed by atoms with Crippen molar-refractivity contribution in [1.82, 2.24) is 0 Å². The summed E-state index contributed by atoms with van der Waals surface area (Å²) in [7, 11) is 1.58. The van der Waals surface area contributed by atoms with E-state index in [-0.39, 0.29) is 0 Å². The molecule has 1 aromatic carbocycles. The zero-order valence-electron chi connectivity index (χ0n) is 7.11. The number of hydrogen-bond donors (Lipinski definition) is 0. The smallest absolute Gasteiger partial charge is 0.140 e. The maximum absolute atomic E-state index is 5.92. The molecule has 13 heavy (non-hydrogen) atoms. The molecular weight excluding hydrogens is 230 g/mol. The van der Waals surface area contributed by atoms with Gasteiger partial charge in [0.15, 0.2) is 0 Å². The lowest BCUT2D eigenvalue weighted by Gasteiger charge is -2.09. The molecule has 0 spiro atoms. The van der Waals surface area contributed by atoms with Gasteiger partial charge in [-0.15, -0.1) is 11.6 Å². The van der Waals surface area contributed by atoms with Gasteiger partial charge in [0.05, 0.1) is 12.1 Å². The van der Waals surface area contributed by atoms with Crippen LogP contribution in [-0.4, -0.2) is 13.0 Å². The fourth-order valence-corrected chi connectivity index (χ4v) is 1.95. The zero-order valence-corrected chi connectivity index (χ0v) is 9.38. The van der Waals surface area contributed by atoms with Crippen molar-refractivity contribution in [2.45, 2.75) is 6.42 Å². The Balaban J connectivity index is 3.13. The second-order valence-electron chi connectivity index (χ2n) is 2.52. The SMILES string of the molecule is COc1c(Cl)cc(Cl)cc1CCCl. The van der Waals surface area contributed by atoms with Crippen LogP contribution in [0.2, 0.25) is 10.0 Å². The van der Waals surface area contributed by atoms with Crippen molar-refractivity contribution in [3.63, 3.8) is 0 Å². The molecule has 0 saturated carbocycles. The topological polar surface area (TPSA) is 9.23 Å². The lowest BCUT2D eigenvalue weighted by molar-refractivity contribution is 0.410. The highest BCUT2D eigenvalue weighted by Gasteiger charge is 2.08. The summed E-state index contributed by atoms with van der Waals surface area (Å²) in [5.74, 6) is 1.18. The quantitative estimate of drug-likeness (QED) is 0.730. The van der Waals surface area contributed by atoms with Gasteiger partial charge in [0, 0.05) is 10.9 Å². The van der Waals surface area contributed by atoms with Crippen LogP contribution in [0.1, 0.15) is 5.56 Å². The molecule has 0 radical (unpaired) electrons. The van der Waals surface area contributed by atoms with Crippen LogP contribution in [0.15, 0.2) is 12.1 Å². The minimum absolute atomic E-state index is 0.521. The van der Waals surface area contributed by atoms with Crippen LogP contribution in [0.3, 0.4) is 0 Å². The zero-order chi connectivity index (χ0) is 9.84. The molecule has 0 bridgehead atoms. The van der Waals surface area contributed by atoms with Crippen LogP contribution in [0.5, 0.6) is 5.75 Å². The summed E-state index contributed by atoms with van der Waals surface area (Å²) in [5.41, 5.74) is 0.940. The average molecular weight is 240 g/mol. The van der Waals surface area contributed by atoms with E-state index in [4.69, 9.17) is 39.5 Å². The van der Waals surface area contributed by atoms with E-state index in [9.17, 15) is 0 Å². The summed E-state index contributed by atoms with van der Waals surface area (Å²) < 4.78 is 5.13. The Morgan fingerprint density at radius 3 is 2.54 bits per heavy atom. The summed E-state index contributed by atoms with van der Waals surface area (Å²) >= 11 is 17.4. The van der Waals surface area contributed by atoms with Crippen molar-refractivity contribution in [2.75, 3.05) is 13.0 Å². The second kappa shape index (κ2) is 4.94. The van der Waals surface area contributed by atoms with Crippen LogP contribution in [-0.2, 0) is 6.42 Å². The van der Waals surface area contributed by atoms with Crippen molar-refractivity contribution in [3.05, 3.63) is 27.7 Å². The summed E-state index contributed by atoms with van der Waals surface area (Å²) in [6.45, 7) is 0. The molecule has 1 rings (SSSR count). The Morgan fingerprint density at radius 1 is 1.31 bits per heavy atom. The van der Waals surface area contributed by atoms with E-state index in [2.05, 4.69) is 0 Å². The van der Waals surface area contributed by atoms with E-state index < -0.39 is 0 Å². The molecule has 0 saturated heterocycles. The van der Waals surface area contributed by atoms with Gasteiger partial charge in [0.2, 0.25) is 0 Å². The number of alkyl halides is 1. The van der Waals surface area contributed by atoms with E-state index in [1.165, 1.54) is 0 Å². The average Bonchev–Trinajstić information content (AvgIpc) is 2.04. The van der Waals surface area contributed by atoms with E-state index >= 15 is 0 Å². The molecule has 0 amide bonds. The summed E-state index contributed by atoms with van der Waals surface area (Å²) in [4.78, 5) is 0. The van der Waals surface area contributed by atoms with Crippen molar-refractivity contribution in [2.24, 2.45) is 0 Å². The Labute approximate surface area is 92.5 Å². The number of hydrogen-bond acceptors (Lipinski definition) is 1. The van der Waals surface area contributed by atoms with Crippen LogP contribution in [0.4, 0.5) is 0 Å². The summed E-state index contributed by atoms with van der Waals surface area (Å²) in [5, 5.41) is 1.13. The van der Waals surface area contributed by atoms with E-state index in [0.29, 0.717) is 28.1 Å². The van der Waals surface area contributed by atoms with Gasteiger partial charge >= 0.3 is 0 Å². The molecule has 0 atom stereocenters. The van der Waals surface area contributed by atoms with Crippen molar-refractivity contribution < 1.29 is 4.74 Å². The molecular formula is C9H9Cl3O. The predicted molar refractivity (Wildman–Crippen MR) is 57.4 cm³/mol. The van der Waals surface area contributed by atoms with Crippen molar-refractivity contribution >= 4 is 34.8 Å². The first-order valence-electron chi connectivity index (χ1n) is 3.77. The normalized spacial score (nSPS) is 10.2. The highest BCUT2D eigenvalue weighted by molar-refractivity contribution is 6.35. The first kappa shape index (κ1) is 11.0. The third-order valence-electron chi connectivity index (χ3n) is 1.65. The van der Waals surface area contributed by atoms with Gasteiger partial charge in [-0.25, -0.2) is 0 Å². The lowest BCUT2D eigenvalue weighted by Crippen LogP contribution is -1.94. The van der Waals surface area contributed by atoms with Crippen LogP contribution in [0.25, 0.3) is 0 Å². The largest absolute Gasteiger partial charge is 0.495 e. The number of benzene rings is 1. The Kier molecular flexibility index (Phi) is 4.17. The van der Waals surface area contributed by atoms with Gasteiger partial charge in [-0.3, -0.25) is 0 Å². The minimum atomic E-state index is 0.521. The number of halogens is 3. The molecule has 0 fully saturated rings. The van der Waals surface area contributed by atoms with Crippen LogP contribution >= 0.6 is 34.8 Å². The third kappa shape index (κ3) is 2.67. The van der Waals surface area contributed by atoms with E-state index in [0.717, 1.165) is 5.56 Å². The van der Waals surface area contributed by atoms with E-state index in [1.54, 1.807) is 13.2 Å². The second-order valence-corrected chi connectivity index (χ2v) is 3.74. The Morgan fingerprint density at radius 2 is 2.00 bits per heavy atom. The first-order valence-corrected chi connectivity index (χ1v) is 5.06. The molecule has 0 heterocycles. The fourth-order valence-electron chi connectivity index (χ4n) is 1.13. The highest BCUT2D eigenvalue weighted by Crippen LogP contribution is 2.32. The van der Waals surface area contributed by atoms with Crippen LogP contribution < -0.4 is 4.74 Å². The number of aryl methyl sites for hydroxylation is 1. The maximum atomic E-state index is 5.92. The third-order valence-corrected chi connectivity index (χ3v) is 2.34. The molecule has 0 aliphatic rings. The number of rotatable bonds is 3. The van der Waals surface area contributed by atoms with Gasteiger partial charge < -0.3 is 4.74 Å². The molecule has 1 aromatic rings. The van der Waals surface area contributed by atoms with Gasteiger partial charge in [0.25, 0.3) is 0 Å². The molecule has 0 aliphatic heterocycles. The molecule has 0 aromatic heterocycles. The molecule has 0 aliphatic carbocycles. The van der Waals surface area contributed by atoms with Gasteiger partial charge in [0.1, 0.15) is 5.75 Å². The van der Waals surface area contributed by atoms with Gasteiger partial charge in [-0.2, -0.15) is 0 Å². The van der Waals surface area contributed by atoms with Crippen molar-refractivity contribution in [1.29, 1.82) is 0 Å². The molecule has 72 valence electrons. The summed E-state index contributed by atoms with van der Waals surface area (Å²) in [6.07, 6.45) is 0.699. The fraction of sp³-hybridized carbons (Fsp3) is 0.333. The molecule has 0 unspecified atom stereocenters. The Hall–Kier alpha value is -0.110. The number of ether oxygens (including phenoxy) is 1. The summed E-state index contributed by atoms with van der Waals surface area (Å²) in [6, 6.07) is 3.47. The van der Waals surface area contributed by atoms with Crippen LogP contribution in [0, 0.1) is 0 Å². The monoisotopic (exact) mass is 238 g/mol. The predicted octanol–water partition coefficient (Wildman–Crippen LogP) is 3.78. The molecule has 0 N–H and O–H groups in total. The van der Waals surface area contributed by atoms with E-state index in [1.807, 2.05) is 6.07 Å². The number of methoxy groups -OCH3 is 1. The molecule has 1 nitrogen and oxygen atoms in total.